The number of amides is 3. The van der Waals surface area contributed by atoms with Crippen molar-refractivity contribution in [3.63, 3.8) is 0 Å². The van der Waals surface area contributed by atoms with Gasteiger partial charge in [-0.3, -0.25) is 29.7 Å². The number of fused-ring (bicyclic) bond motifs is 1. The fraction of sp³-hybridized carbons (Fsp3) is 0.519. The van der Waals surface area contributed by atoms with E-state index in [1.165, 1.54) is 17.0 Å². The summed E-state index contributed by atoms with van der Waals surface area (Å²) < 4.78 is 0. The van der Waals surface area contributed by atoms with Crippen LogP contribution in [0.25, 0.3) is 0 Å². The summed E-state index contributed by atoms with van der Waals surface area (Å²) in [5.74, 6) is 0.262. The van der Waals surface area contributed by atoms with Gasteiger partial charge in [-0.15, -0.1) is 0 Å². The zero-order valence-electron chi connectivity index (χ0n) is 23.1. The molecule has 1 N–H and O–H groups in total. The number of urea groups is 1. The van der Waals surface area contributed by atoms with Crippen LogP contribution >= 0.6 is 0 Å². The smallest absolute Gasteiger partial charge is 0.328 e. The minimum atomic E-state index is -1.20. The van der Waals surface area contributed by atoms with Crippen molar-refractivity contribution in [2.75, 3.05) is 32.8 Å². The first-order valence-electron chi connectivity index (χ1n) is 13.7. The average Bonchev–Trinajstić information content (AvgIpc) is 3.29. The number of likely N-dealkylation sites (N-methyl/N-ethyl adjacent to an activating group) is 1. The standard InChI is InChI=1S/C27H36N8O5/c1-4-13-32-25(37)24-27(5-2,33(26(32)38)14-11-20-8-7-9-22(17-20)35(39)40)30-23(18-21-10-12-28-29-19-21)34(24)31(6-3)15-16-36/h7-10,12,17,19,24,36H,4-6,11,13-16,18H2,1-3H3. The lowest BCUT2D eigenvalue weighted by molar-refractivity contribution is -0.384. The van der Waals surface area contributed by atoms with Crippen LogP contribution in [0.2, 0.25) is 0 Å². The van der Waals surface area contributed by atoms with Gasteiger partial charge in [-0.1, -0.05) is 32.9 Å². The summed E-state index contributed by atoms with van der Waals surface area (Å²) in [7, 11) is 0. The number of carbonyl (C=O) groups excluding carboxylic acids is 2. The Balaban J connectivity index is 1.80. The summed E-state index contributed by atoms with van der Waals surface area (Å²) in [5.41, 5.74) is 0.337. The molecule has 2 atom stereocenters. The summed E-state index contributed by atoms with van der Waals surface area (Å²) in [4.78, 5) is 47.0. The fourth-order valence-corrected chi connectivity index (χ4v) is 5.58. The molecule has 40 heavy (non-hydrogen) atoms. The number of aliphatic imine (C=N–C) groups is 1. The second kappa shape index (κ2) is 12.5. The summed E-state index contributed by atoms with van der Waals surface area (Å²) in [5, 5.41) is 32.8. The van der Waals surface area contributed by atoms with Crippen LogP contribution in [0.1, 0.15) is 44.7 Å². The van der Waals surface area contributed by atoms with Crippen LogP contribution in [0, 0.1) is 10.1 Å². The van der Waals surface area contributed by atoms with Crippen LogP contribution in [-0.4, -0.2) is 102 Å². The number of carbonyl (C=O) groups is 2. The quantitative estimate of drug-likeness (QED) is 0.292. The molecule has 0 bridgehead atoms. The number of nitro groups is 1. The van der Waals surface area contributed by atoms with Crippen LogP contribution in [0.5, 0.6) is 0 Å². The molecular formula is C27H36N8O5. The number of hydrazine groups is 1. The number of non-ortho nitro benzene ring substituents is 1. The minimum absolute atomic E-state index is 0.0192. The van der Waals surface area contributed by atoms with Crippen molar-refractivity contribution in [3.8, 4) is 0 Å². The van der Waals surface area contributed by atoms with Gasteiger partial charge in [0.2, 0.25) is 0 Å². The fourth-order valence-electron chi connectivity index (χ4n) is 5.58. The molecule has 1 fully saturated rings. The van der Waals surface area contributed by atoms with Gasteiger partial charge in [-0.2, -0.15) is 10.2 Å². The zero-order chi connectivity index (χ0) is 28.9. The molecule has 0 aliphatic carbocycles. The Morgan fingerprint density at radius 3 is 2.55 bits per heavy atom. The monoisotopic (exact) mass is 552 g/mol. The van der Waals surface area contributed by atoms with Gasteiger partial charge >= 0.3 is 6.03 Å². The molecule has 13 heteroatoms. The van der Waals surface area contributed by atoms with E-state index in [0.717, 1.165) is 5.56 Å². The second-order valence-electron chi connectivity index (χ2n) is 9.81. The van der Waals surface area contributed by atoms with Crippen molar-refractivity contribution >= 4 is 23.5 Å². The Hall–Kier alpha value is -3.97. The Morgan fingerprint density at radius 2 is 1.93 bits per heavy atom. The molecule has 1 aromatic heterocycles. The van der Waals surface area contributed by atoms with E-state index in [9.17, 15) is 24.8 Å². The van der Waals surface area contributed by atoms with E-state index in [-0.39, 0.29) is 37.8 Å². The number of nitrogens with zero attached hydrogens (tertiary/aromatic N) is 8. The molecule has 4 rings (SSSR count). The van der Waals surface area contributed by atoms with Crippen molar-refractivity contribution in [2.45, 2.75) is 58.2 Å². The van der Waals surface area contributed by atoms with E-state index >= 15 is 0 Å². The van der Waals surface area contributed by atoms with Crippen molar-refractivity contribution in [1.29, 1.82) is 0 Å². The van der Waals surface area contributed by atoms with Gasteiger partial charge in [0.15, 0.2) is 11.7 Å². The summed E-state index contributed by atoms with van der Waals surface area (Å²) in [6, 6.07) is 6.93. The highest BCUT2D eigenvalue weighted by atomic mass is 16.6. The lowest BCUT2D eigenvalue weighted by atomic mass is 9.91. The number of benzene rings is 1. The third kappa shape index (κ3) is 5.39. The molecule has 2 aliphatic heterocycles. The molecule has 214 valence electrons. The largest absolute Gasteiger partial charge is 0.395 e. The number of amidine groups is 1. The van der Waals surface area contributed by atoms with Gasteiger partial charge in [0, 0.05) is 50.9 Å². The summed E-state index contributed by atoms with van der Waals surface area (Å²) >= 11 is 0. The maximum absolute atomic E-state index is 14.1. The van der Waals surface area contributed by atoms with Gasteiger partial charge in [-0.25, -0.2) is 14.8 Å². The number of aliphatic hydroxyl groups excluding tert-OH is 1. The first-order chi connectivity index (χ1) is 19.3. The zero-order valence-corrected chi connectivity index (χ0v) is 23.1. The molecule has 2 unspecified atom stereocenters. The Bertz CT molecular complexity index is 1260. The van der Waals surface area contributed by atoms with E-state index in [0.29, 0.717) is 43.6 Å². The molecular weight excluding hydrogens is 516 g/mol. The maximum atomic E-state index is 14.1. The van der Waals surface area contributed by atoms with E-state index < -0.39 is 22.7 Å². The maximum Gasteiger partial charge on any atom is 0.328 e. The van der Waals surface area contributed by atoms with Crippen LogP contribution in [0.4, 0.5) is 10.5 Å². The van der Waals surface area contributed by atoms with Gasteiger partial charge in [0.25, 0.3) is 11.6 Å². The third-order valence-electron chi connectivity index (χ3n) is 7.45. The molecule has 3 amide bonds. The number of nitro benzene ring substituents is 1. The first kappa shape index (κ1) is 29.0. The normalized spacial score (nSPS) is 20.8. The summed E-state index contributed by atoms with van der Waals surface area (Å²) in [6.07, 6.45) is 4.89. The number of aliphatic hydroxyl groups is 1. The number of hydrogen-bond acceptors (Lipinski definition) is 10. The molecule has 0 saturated carbocycles. The van der Waals surface area contributed by atoms with Crippen LogP contribution < -0.4 is 0 Å². The predicted octanol–water partition coefficient (Wildman–Crippen LogP) is 2.26. The van der Waals surface area contributed by atoms with Gasteiger partial charge in [-0.05, 0) is 36.5 Å². The molecule has 0 spiro atoms. The number of rotatable bonds is 13. The SMILES string of the molecule is CCCN1C(=O)C2N(N(CC)CCO)C(Cc3ccnnc3)=NC2(CC)N(CCc2cccc([N+](=O)[O-])c2)C1=O. The first-order valence-corrected chi connectivity index (χ1v) is 13.7. The Kier molecular flexibility index (Phi) is 9.05. The molecule has 1 aromatic carbocycles. The summed E-state index contributed by atoms with van der Waals surface area (Å²) in [6.45, 7) is 6.89. The van der Waals surface area contributed by atoms with E-state index in [4.69, 9.17) is 4.99 Å². The topological polar surface area (TPSA) is 149 Å². The lowest BCUT2D eigenvalue weighted by Crippen LogP contribution is -2.74. The highest BCUT2D eigenvalue weighted by molar-refractivity contribution is 6.05. The number of imide groups is 1. The van der Waals surface area contributed by atoms with Crippen molar-refractivity contribution < 1.29 is 19.6 Å². The van der Waals surface area contributed by atoms with Crippen molar-refractivity contribution in [3.05, 3.63) is 64.0 Å². The highest BCUT2D eigenvalue weighted by Crippen LogP contribution is 2.42. The molecule has 13 nitrogen and oxygen atoms in total. The van der Waals surface area contributed by atoms with Crippen molar-refractivity contribution in [1.82, 2.24) is 30.0 Å². The average molecular weight is 553 g/mol. The van der Waals surface area contributed by atoms with Crippen LogP contribution in [-0.2, 0) is 17.6 Å². The van der Waals surface area contributed by atoms with Crippen LogP contribution in [0.3, 0.4) is 0 Å². The number of hydrogen-bond donors (Lipinski definition) is 1. The van der Waals surface area contributed by atoms with Gasteiger partial charge in [0.05, 0.1) is 17.7 Å². The lowest BCUT2D eigenvalue weighted by Gasteiger charge is -2.51. The number of aromatic nitrogens is 2. The highest BCUT2D eigenvalue weighted by Gasteiger charge is 2.62. The minimum Gasteiger partial charge on any atom is -0.395 e. The Labute approximate surface area is 233 Å². The van der Waals surface area contributed by atoms with Gasteiger partial charge in [0.1, 0.15) is 5.84 Å². The second-order valence-corrected chi connectivity index (χ2v) is 9.81. The predicted molar refractivity (Wildman–Crippen MR) is 147 cm³/mol. The van der Waals surface area contributed by atoms with Gasteiger partial charge < -0.3 is 5.11 Å². The van der Waals surface area contributed by atoms with Crippen molar-refractivity contribution in [2.24, 2.45) is 4.99 Å². The molecule has 2 aromatic rings. The molecule has 0 radical (unpaired) electrons. The van der Waals surface area contributed by atoms with Crippen LogP contribution in [0.15, 0.2) is 47.7 Å². The van der Waals surface area contributed by atoms with E-state index in [1.807, 2.05) is 36.9 Å². The van der Waals surface area contributed by atoms with E-state index in [1.54, 1.807) is 29.4 Å². The molecule has 2 aliphatic rings. The van der Waals surface area contributed by atoms with E-state index in [2.05, 4.69) is 10.2 Å². The molecule has 3 heterocycles. The Morgan fingerprint density at radius 1 is 1.12 bits per heavy atom. The molecule has 1 saturated heterocycles. The third-order valence-corrected chi connectivity index (χ3v) is 7.45.